The molecule has 5 rings (SSSR count). The molecular weight excluding hydrogens is 310 g/mol. The zero-order chi connectivity index (χ0) is 15.4. The number of hydrogen-bond donors (Lipinski definition) is 0. The Morgan fingerprint density at radius 2 is 1.83 bits per heavy atom. The summed E-state index contributed by atoms with van der Waals surface area (Å²) >= 11 is 1.19. The quantitative estimate of drug-likeness (QED) is 0.795. The monoisotopic (exact) mass is 325 g/mol. The molecule has 2 saturated heterocycles. The van der Waals surface area contributed by atoms with Gasteiger partial charge in [-0.05, 0) is 11.5 Å². The van der Waals surface area contributed by atoms with Crippen molar-refractivity contribution in [3.8, 4) is 11.4 Å². The molecule has 3 aliphatic rings. The molecule has 5 nitrogen and oxygen atoms in total. The van der Waals surface area contributed by atoms with Crippen LogP contribution >= 0.6 is 11.5 Å². The number of ether oxygens (including phenoxy) is 1. The Bertz CT molecular complexity index is 768. The molecule has 0 N–H and O–H groups in total. The highest BCUT2D eigenvalue weighted by Crippen LogP contribution is 2.43. The summed E-state index contributed by atoms with van der Waals surface area (Å²) in [5.41, 5.74) is 0.941. The van der Waals surface area contributed by atoms with Crippen molar-refractivity contribution in [2.75, 3.05) is 13.1 Å². The van der Waals surface area contributed by atoms with Crippen LogP contribution in [0, 0.1) is 11.8 Å². The lowest BCUT2D eigenvalue weighted by molar-refractivity contribution is 0.0655. The number of carbonyl (C=O) groups excluding carboxylic acids is 1. The Balaban J connectivity index is 1.35. The number of hydrogen-bond acceptors (Lipinski definition) is 5. The van der Waals surface area contributed by atoms with Gasteiger partial charge in [-0.15, -0.1) is 0 Å². The van der Waals surface area contributed by atoms with Crippen molar-refractivity contribution >= 4 is 17.4 Å². The molecule has 0 radical (unpaired) electrons. The van der Waals surface area contributed by atoms with E-state index in [0.29, 0.717) is 22.7 Å². The standard InChI is InChI=1S/C17H15N3O2S/c21-17(16-18-15(19-23-16)10-4-2-1-3-5-10)20-8-11-12(9-20)14-7-6-13(11)22-14/h1-7,11-14H,8-9H2. The second-order valence-electron chi connectivity index (χ2n) is 6.28. The molecule has 0 aliphatic carbocycles. The Hall–Kier alpha value is -2.05. The minimum Gasteiger partial charge on any atom is -0.366 e. The van der Waals surface area contributed by atoms with Crippen molar-refractivity contribution in [3.63, 3.8) is 0 Å². The van der Waals surface area contributed by atoms with E-state index in [1.54, 1.807) is 0 Å². The average molecular weight is 325 g/mol. The maximum atomic E-state index is 12.7. The summed E-state index contributed by atoms with van der Waals surface area (Å²) in [7, 11) is 0. The van der Waals surface area contributed by atoms with Gasteiger partial charge in [0.05, 0.1) is 12.2 Å². The van der Waals surface area contributed by atoms with Crippen LogP contribution < -0.4 is 0 Å². The summed E-state index contributed by atoms with van der Waals surface area (Å²) in [6.45, 7) is 1.52. The number of fused-ring (bicyclic) bond motifs is 5. The summed E-state index contributed by atoms with van der Waals surface area (Å²) in [4.78, 5) is 19.1. The number of nitrogens with zero attached hydrogens (tertiary/aromatic N) is 3. The molecule has 4 heterocycles. The molecule has 4 unspecified atom stereocenters. The fraction of sp³-hybridized carbons (Fsp3) is 0.353. The first-order chi connectivity index (χ1) is 11.3. The Morgan fingerprint density at radius 1 is 1.13 bits per heavy atom. The van der Waals surface area contributed by atoms with Gasteiger partial charge in [0.15, 0.2) is 5.82 Å². The molecule has 0 saturated carbocycles. The lowest BCUT2D eigenvalue weighted by Gasteiger charge is -2.17. The molecule has 4 atom stereocenters. The molecule has 6 heteroatoms. The van der Waals surface area contributed by atoms with Crippen LogP contribution in [-0.4, -0.2) is 45.5 Å². The predicted molar refractivity (Wildman–Crippen MR) is 86.0 cm³/mol. The van der Waals surface area contributed by atoms with Gasteiger partial charge in [0.1, 0.15) is 0 Å². The van der Waals surface area contributed by atoms with E-state index in [-0.39, 0.29) is 18.1 Å². The molecule has 1 aromatic heterocycles. The number of amides is 1. The fourth-order valence-corrected chi connectivity index (χ4v) is 4.50. The molecule has 2 aromatic rings. The summed E-state index contributed by atoms with van der Waals surface area (Å²) in [6, 6.07) is 9.76. The average Bonchev–Trinajstić information content (AvgIpc) is 3.35. The van der Waals surface area contributed by atoms with Gasteiger partial charge in [0.25, 0.3) is 5.91 Å². The van der Waals surface area contributed by atoms with E-state index in [4.69, 9.17) is 4.74 Å². The van der Waals surface area contributed by atoms with Crippen LogP contribution in [0.15, 0.2) is 42.5 Å². The number of aromatic nitrogens is 2. The molecule has 0 spiro atoms. The van der Waals surface area contributed by atoms with Crippen molar-refractivity contribution in [2.45, 2.75) is 12.2 Å². The first kappa shape index (κ1) is 13.4. The highest BCUT2D eigenvalue weighted by molar-refractivity contribution is 7.07. The maximum absolute atomic E-state index is 12.7. The van der Waals surface area contributed by atoms with Gasteiger partial charge >= 0.3 is 0 Å². The zero-order valence-electron chi connectivity index (χ0n) is 12.3. The van der Waals surface area contributed by atoms with Crippen LogP contribution in [-0.2, 0) is 4.74 Å². The predicted octanol–water partition coefficient (Wildman–Crippen LogP) is 2.23. The van der Waals surface area contributed by atoms with Gasteiger partial charge in [-0.3, -0.25) is 4.79 Å². The number of benzene rings is 1. The number of likely N-dealkylation sites (tertiary alicyclic amines) is 1. The minimum atomic E-state index is -0.00141. The number of rotatable bonds is 2. The van der Waals surface area contributed by atoms with Crippen LogP contribution in [0.4, 0.5) is 0 Å². The Kier molecular flexibility index (Phi) is 2.90. The maximum Gasteiger partial charge on any atom is 0.284 e. The summed E-state index contributed by atoms with van der Waals surface area (Å²) in [5, 5.41) is 0.477. The Morgan fingerprint density at radius 3 is 2.52 bits per heavy atom. The van der Waals surface area contributed by atoms with E-state index in [0.717, 1.165) is 18.7 Å². The third kappa shape index (κ3) is 2.05. The van der Waals surface area contributed by atoms with E-state index in [1.165, 1.54) is 11.5 Å². The minimum absolute atomic E-state index is 0.00141. The van der Waals surface area contributed by atoms with E-state index in [2.05, 4.69) is 21.5 Å². The van der Waals surface area contributed by atoms with Gasteiger partial charge < -0.3 is 9.64 Å². The van der Waals surface area contributed by atoms with Crippen LogP contribution in [0.5, 0.6) is 0 Å². The van der Waals surface area contributed by atoms with Crippen molar-refractivity contribution in [1.29, 1.82) is 0 Å². The molecule has 2 fully saturated rings. The van der Waals surface area contributed by atoms with Gasteiger partial charge in [-0.2, -0.15) is 4.37 Å². The van der Waals surface area contributed by atoms with Crippen molar-refractivity contribution < 1.29 is 9.53 Å². The topological polar surface area (TPSA) is 55.3 Å². The van der Waals surface area contributed by atoms with E-state index >= 15 is 0 Å². The van der Waals surface area contributed by atoms with Crippen molar-refractivity contribution in [3.05, 3.63) is 47.5 Å². The van der Waals surface area contributed by atoms with Crippen molar-refractivity contribution in [2.24, 2.45) is 11.8 Å². The second kappa shape index (κ2) is 4.97. The summed E-state index contributed by atoms with van der Waals surface area (Å²) in [5.74, 6) is 1.51. The van der Waals surface area contributed by atoms with E-state index < -0.39 is 0 Å². The smallest absolute Gasteiger partial charge is 0.284 e. The molecule has 23 heavy (non-hydrogen) atoms. The summed E-state index contributed by atoms with van der Waals surface area (Å²) in [6.07, 6.45) is 4.66. The first-order valence-electron chi connectivity index (χ1n) is 7.82. The molecule has 1 amide bonds. The lowest BCUT2D eigenvalue weighted by atomic mass is 9.86. The second-order valence-corrected chi connectivity index (χ2v) is 7.03. The third-order valence-electron chi connectivity index (χ3n) is 4.99. The zero-order valence-corrected chi connectivity index (χ0v) is 13.1. The number of carbonyl (C=O) groups is 1. The van der Waals surface area contributed by atoms with Crippen LogP contribution in [0.2, 0.25) is 0 Å². The normalized spacial score (nSPS) is 30.9. The van der Waals surface area contributed by atoms with E-state index in [9.17, 15) is 4.79 Å². The van der Waals surface area contributed by atoms with E-state index in [1.807, 2.05) is 35.2 Å². The SMILES string of the molecule is O=C(c1nc(-c2ccccc2)ns1)N1CC2C3C=CC(O3)C2C1. The molecule has 2 bridgehead atoms. The van der Waals surface area contributed by atoms with Gasteiger partial charge in [0.2, 0.25) is 5.01 Å². The Labute approximate surface area is 137 Å². The van der Waals surface area contributed by atoms with Gasteiger partial charge in [-0.25, -0.2) is 4.98 Å². The van der Waals surface area contributed by atoms with Gasteiger partial charge in [0, 0.05) is 30.5 Å². The summed E-state index contributed by atoms with van der Waals surface area (Å²) < 4.78 is 10.2. The lowest BCUT2D eigenvalue weighted by Crippen LogP contribution is -2.31. The highest BCUT2D eigenvalue weighted by Gasteiger charge is 2.51. The molecular formula is C17H15N3O2S. The highest BCUT2D eigenvalue weighted by atomic mass is 32.1. The van der Waals surface area contributed by atoms with Gasteiger partial charge in [-0.1, -0.05) is 42.5 Å². The van der Waals surface area contributed by atoms with Crippen LogP contribution in [0.25, 0.3) is 11.4 Å². The van der Waals surface area contributed by atoms with Crippen LogP contribution in [0.3, 0.4) is 0 Å². The molecule has 1 aromatic carbocycles. The largest absolute Gasteiger partial charge is 0.366 e. The molecule has 3 aliphatic heterocycles. The first-order valence-corrected chi connectivity index (χ1v) is 8.59. The fourth-order valence-electron chi connectivity index (χ4n) is 3.84. The van der Waals surface area contributed by atoms with Crippen LogP contribution in [0.1, 0.15) is 9.80 Å². The van der Waals surface area contributed by atoms with Crippen molar-refractivity contribution in [1.82, 2.24) is 14.3 Å². The molecule has 116 valence electrons. The third-order valence-corrected chi connectivity index (χ3v) is 5.69.